The molecule has 1 aliphatic heterocycles. The summed E-state index contributed by atoms with van der Waals surface area (Å²) in [4.78, 5) is 11.2. The molecule has 0 amide bonds. The van der Waals surface area contributed by atoms with Gasteiger partial charge in [-0.25, -0.2) is 9.67 Å². The Hall–Kier alpha value is -2.62. The van der Waals surface area contributed by atoms with E-state index in [2.05, 4.69) is 37.4 Å². The SMILES string of the molecule is CN=C(NCc1ccnc(-n2cccn2)c1)N1CCC(c2ccc(OC)cc2)C1.I. The van der Waals surface area contributed by atoms with Gasteiger partial charge in [-0.15, -0.1) is 24.0 Å². The number of guanidine groups is 1. The lowest BCUT2D eigenvalue weighted by atomic mass is 9.98. The largest absolute Gasteiger partial charge is 0.497 e. The number of halogens is 1. The average molecular weight is 518 g/mol. The summed E-state index contributed by atoms with van der Waals surface area (Å²) in [6.45, 7) is 2.64. The van der Waals surface area contributed by atoms with Crippen LogP contribution in [0.2, 0.25) is 0 Å². The van der Waals surface area contributed by atoms with E-state index in [1.54, 1.807) is 18.0 Å². The molecule has 1 aliphatic rings. The van der Waals surface area contributed by atoms with Crippen molar-refractivity contribution in [3.8, 4) is 11.6 Å². The lowest BCUT2D eigenvalue weighted by Gasteiger charge is -2.22. The Morgan fingerprint density at radius 3 is 2.77 bits per heavy atom. The van der Waals surface area contributed by atoms with E-state index < -0.39 is 0 Å². The van der Waals surface area contributed by atoms with Gasteiger partial charge in [0.05, 0.1) is 7.11 Å². The molecule has 1 aromatic carbocycles. The second-order valence-corrected chi connectivity index (χ2v) is 7.08. The van der Waals surface area contributed by atoms with Gasteiger partial charge in [-0.1, -0.05) is 12.1 Å². The van der Waals surface area contributed by atoms with Gasteiger partial charge in [0, 0.05) is 51.2 Å². The van der Waals surface area contributed by atoms with Crippen molar-refractivity contribution in [3.05, 3.63) is 72.2 Å². The van der Waals surface area contributed by atoms with Crippen molar-refractivity contribution in [3.63, 3.8) is 0 Å². The Labute approximate surface area is 194 Å². The molecule has 2 aromatic heterocycles. The van der Waals surface area contributed by atoms with E-state index in [-0.39, 0.29) is 24.0 Å². The maximum absolute atomic E-state index is 5.27. The van der Waals surface area contributed by atoms with Gasteiger partial charge >= 0.3 is 0 Å². The molecule has 1 N–H and O–H groups in total. The molecular formula is C22H27IN6O. The van der Waals surface area contributed by atoms with Gasteiger partial charge < -0.3 is 15.0 Å². The van der Waals surface area contributed by atoms with Gasteiger partial charge in [-0.05, 0) is 47.9 Å². The minimum Gasteiger partial charge on any atom is -0.497 e. The van der Waals surface area contributed by atoms with Crippen molar-refractivity contribution in [2.24, 2.45) is 4.99 Å². The van der Waals surface area contributed by atoms with Crippen LogP contribution in [0.5, 0.6) is 5.75 Å². The molecule has 1 unspecified atom stereocenters. The number of rotatable bonds is 5. The first kappa shape index (κ1) is 22.1. The molecule has 0 radical (unpaired) electrons. The quantitative estimate of drug-likeness (QED) is 0.319. The minimum absolute atomic E-state index is 0. The van der Waals surface area contributed by atoms with Crippen molar-refractivity contribution in [2.45, 2.75) is 18.9 Å². The Balaban J connectivity index is 0.00000256. The summed E-state index contributed by atoms with van der Waals surface area (Å²) >= 11 is 0. The van der Waals surface area contributed by atoms with Crippen molar-refractivity contribution >= 4 is 29.9 Å². The molecule has 7 nitrogen and oxygen atoms in total. The highest BCUT2D eigenvalue weighted by atomic mass is 127. The third-order valence-corrected chi connectivity index (χ3v) is 5.29. The maximum Gasteiger partial charge on any atom is 0.193 e. The Bertz CT molecular complexity index is 958. The number of pyridine rings is 1. The predicted octanol–water partition coefficient (Wildman–Crippen LogP) is 3.46. The molecule has 0 aliphatic carbocycles. The van der Waals surface area contributed by atoms with E-state index in [1.165, 1.54) is 5.56 Å². The molecular weight excluding hydrogens is 491 g/mol. The van der Waals surface area contributed by atoms with E-state index in [9.17, 15) is 0 Å². The van der Waals surface area contributed by atoms with E-state index in [0.717, 1.165) is 42.6 Å². The fraction of sp³-hybridized carbons (Fsp3) is 0.318. The number of benzene rings is 1. The second kappa shape index (κ2) is 10.4. The first-order valence-corrected chi connectivity index (χ1v) is 9.81. The van der Waals surface area contributed by atoms with Crippen LogP contribution in [0.15, 0.2) is 66.0 Å². The molecule has 0 spiro atoms. The number of nitrogens with zero attached hydrogens (tertiary/aromatic N) is 5. The average Bonchev–Trinajstić information content (AvgIpc) is 3.47. The lowest BCUT2D eigenvalue weighted by Crippen LogP contribution is -2.39. The highest BCUT2D eigenvalue weighted by Gasteiger charge is 2.26. The lowest BCUT2D eigenvalue weighted by molar-refractivity contribution is 0.414. The molecule has 1 saturated heterocycles. The monoisotopic (exact) mass is 518 g/mol. The normalized spacial score (nSPS) is 16.3. The Kier molecular flexibility index (Phi) is 7.67. The van der Waals surface area contributed by atoms with Crippen molar-refractivity contribution < 1.29 is 4.74 Å². The molecule has 3 heterocycles. The van der Waals surface area contributed by atoms with Crippen LogP contribution in [-0.4, -0.2) is 52.9 Å². The first-order valence-electron chi connectivity index (χ1n) is 9.81. The number of hydrogen-bond donors (Lipinski definition) is 1. The zero-order valence-corrected chi connectivity index (χ0v) is 19.6. The molecule has 1 fully saturated rings. The molecule has 158 valence electrons. The molecule has 0 saturated carbocycles. The second-order valence-electron chi connectivity index (χ2n) is 7.08. The summed E-state index contributed by atoms with van der Waals surface area (Å²) in [5.41, 5.74) is 2.49. The molecule has 3 aromatic rings. The van der Waals surface area contributed by atoms with Gasteiger partial charge in [0.1, 0.15) is 5.75 Å². The van der Waals surface area contributed by atoms with E-state index in [1.807, 2.05) is 49.8 Å². The van der Waals surface area contributed by atoms with E-state index >= 15 is 0 Å². The summed E-state index contributed by atoms with van der Waals surface area (Å²) in [5, 5.41) is 7.73. The van der Waals surface area contributed by atoms with Crippen LogP contribution in [0.4, 0.5) is 0 Å². The van der Waals surface area contributed by atoms with Crippen LogP contribution in [0.1, 0.15) is 23.5 Å². The van der Waals surface area contributed by atoms with Gasteiger partial charge in [-0.2, -0.15) is 5.10 Å². The summed E-state index contributed by atoms with van der Waals surface area (Å²) in [7, 11) is 3.54. The Morgan fingerprint density at radius 1 is 1.23 bits per heavy atom. The first-order chi connectivity index (χ1) is 14.3. The number of aliphatic imine (C=N–C) groups is 1. The number of methoxy groups -OCH3 is 1. The third kappa shape index (κ3) is 5.10. The smallest absolute Gasteiger partial charge is 0.193 e. The standard InChI is InChI=1S/C22H26N6O.HI/c1-23-22(25-15-17-8-11-24-21(14-17)28-12-3-10-26-28)27-13-9-19(16-27)18-4-6-20(29-2)7-5-18;/h3-8,10-12,14,19H,9,13,15-16H2,1-2H3,(H,23,25);1H. The van der Waals surface area contributed by atoms with Crippen LogP contribution < -0.4 is 10.1 Å². The van der Waals surface area contributed by atoms with E-state index in [0.29, 0.717) is 12.5 Å². The van der Waals surface area contributed by atoms with Crippen LogP contribution in [-0.2, 0) is 6.54 Å². The van der Waals surface area contributed by atoms with Gasteiger partial charge in [0.15, 0.2) is 11.8 Å². The molecule has 0 bridgehead atoms. The van der Waals surface area contributed by atoms with E-state index in [4.69, 9.17) is 4.74 Å². The van der Waals surface area contributed by atoms with Crippen LogP contribution in [0.25, 0.3) is 5.82 Å². The highest BCUT2D eigenvalue weighted by molar-refractivity contribution is 14.0. The fourth-order valence-electron chi connectivity index (χ4n) is 3.71. The predicted molar refractivity (Wildman–Crippen MR) is 129 cm³/mol. The zero-order valence-electron chi connectivity index (χ0n) is 17.2. The molecule has 30 heavy (non-hydrogen) atoms. The van der Waals surface area contributed by atoms with Crippen molar-refractivity contribution in [2.75, 3.05) is 27.2 Å². The number of nitrogens with one attached hydrogen (secondary N) is 1. The summed E-state index contributed by atoms with van der Waals surface area (Å²) in [6.07, 6.45) is 6.57. The van der Waals surface area contributed by atoms with Gasteiger partial charge in [0.2, 0.25) is 0 Å². The van der Waals surface area contributed by atoms with Crippen molar-refractivity contribution in [1.82, 2.24) is 25.0 Å². The topological polar surface area (TPSA) is 67.6 Å². The van der Waals surface area contributed by atoms with Gasteiger partial charge in [-0.3, -0.25) is 4.99 Å². The Morgan fingerprint density at radius 2 is 2.07 bits per heavy atom. The van der Waals surface area contributed by atoms with Crippen molar-refractivity contribution in [1.29, 1.82) is 0 Å². The minimum atomic E-state index is 0. The van der Waals surface area contributed by atoms with Crippen LogP contribution in [0.3, 0.4) is 0 Å². The zero-order chi connectivity index (χ0) is 20.1. The van der Waals surface area contributed by atoms with Gasteiger partial charge in [0.25, 0.3) is 0 Å². The molecule has 8 heteroatoms. The molecule has 1 atom stereocenters. The summed E-state index contributed by atoms with van der Waals surface area (Å²) < 4.78 is 7.03. The number of likely N-dealkylation sites (tertiary alicyclic amines) is 1. The summed E-state index contributed by atoms with van der Waals surface area (Å²) in [6, 6.07) is 14.3. The maximum atomic E-state index is 5.27. The fourth-order valence-corrected chi connectivity index (χ4v) is 3.71. The number of aromatic nitrogens is 3. The number of hydrogen-bond acceptors (Lipinski definition) is 4. The highest BCUT2D eigenvalue weighted by Crippen LogP contribution is 2.28. The number of ether oxygens (including phenoxy) is 1. The summed E-state index contributed by atoms with van der Waals surface area (Å²) in [5.74, 6) is 3.14. The van der Waals surface area contributed by atoms with Crippen LogP contribution in [0, 0.1) is 0 Å². The third-order valence-electron chi connectivity index (χ3n) is 5.29. The van der Waals surface area contributed by atoms with Crippen LogP contribution >= 0.6 is 24.0 Å². The molecule has 4 rings (SSSR count).